The molecule has 13 heavy (non-hydrogen) atoms. The number of nitrogens with zero attached hydrogens (tertiary/aromatic N) is 2. The Morgan fingerprint density at radius 1 is 1.46 bits per heavy atom. The normalized spacial score (nSPS) is 11.1. The van der Waals surface area contributed by atoms with Crippen molar-refractivity contribution in [1.82, 2.24) is 9.55 Å². The Kier molecular flexibility index (Phi) is 6.21. The monoisotopic (exact) mass is 236 g/mol. The summed E-state index contributed by atoms with van der Waals surface area (Å²) in [5.74, 6) is 0. The number of rotatable bonds is 3. The molecule has 0 aliphatic rings. The molecule has 0 aliphatic carbocycles. The fraction of sp³-hybridized carbons (Fsp3) is 0.400. The molecule has 2 nitrogen and oxygen atoms in total. The molecule has 0 fully saturated rings. The summed E-state index contributed by atoms with van der Waals surface area (Å²) < 4.78 is 36.5. The van der Waals surface area contributed by atoms with Gasteiger partial charge in [-0.2, -0.15) is 0 Å². The Morgan fingerprint density at radius 3 is 2.46 bits per heavy atom. The zero-order chi connectivity index (χ0) is 9.19. The molecule has 0 bridgehead atoms. The molecule has 0 aromatic carbocycles. The number of aryl methyl sites for hydroxylation is 1. The van der Waals surface area contributed by atoms with Crippen molar-refractivity contribution in [2.75, 3.05) is 0 Å². The first kappa shape index (κ1) is 14.0. The summed E-state index contributed by atoms with van der Waals surface area (Å²) in [6, 6.07) is 0. The third-order valence-electron chi connectivity index (χ3n) is 1.32. The van der Waals surface area contributed by atoms with Gasteiger partial charge in [0, 0.05) is 6.20 Å². The van der Waals surface area contributed by atoms with Crippen LogP contribution in [0.1, 0.15) is 0 Å². The predicted molar refractivity (Wildman–Crippen MR) is 41.1 cm³/mol. The van der Waals surface area contributed by atoms with Crippen LogP contribution in [0.15, 0.2) is 12.5 Å². The van der Waals surface area contributed by atoms with Gasteiger partial charge in [0.2, 0.25) is 0 Å². The van der Waals surface area contributed by atoms with Crippen LogP contribution < -0.4 is 51.4 Å². The second-order valence-electron chi connectivity index (χ2n) is 2.43. The van der Waals surface area contributed by atoms with Crippen molar-refractivity contribution in [3.63, 3.8) is 0 Å². The molecule has 8 heteroatoms. The average Bonchev–Trinajstić information content (AvgIpc) is 2.30. The van der Waals surface area contributed by atoms with Crippen molar-refractivity contribution >= 4 is 18.6 Å². The Hall–Kier alpha value is 0.991. The van der Waals surface area contributed by atoms with Crippen LogP contribution in [0, 0.1) is 0 Å². The summed E-state index contributed by atoms with van der Waals surface area (Å²) in [5.41, 5.74) is 0. The summed E-state index contributed by atoms with van der Waals surface area (Å²) >= 11 is 5.40. The second-order valence-corrected chi connectivity index (χ2v) is 2.82. The molecule has 0 N–H and O–H groups in total. The van der Waals surface area contributed by atoms with E-state index in [0.29, 0.717) is 0 Å². The van der Waals surface area contributed by atoms with Crippen LogP contribution in [0.2, 0.25) is 11.5 Å². The number of hydrogen-bond acceptors (Lipinski definition) is 1. The molecule has 0 spiro atoms. The van der Waals surface area contributed by atoms with Crippen molar-refractivity contribution in [2.24, 2.45) is 0 Å². The van der Waals surface area contributed by atoms with Crippen molar-refractivity contribution in [1.29, 1.82) is 0 Å². The molecule has 1 rings (SSSR count). The quantitative estimate of drug-likeness (QED) is 0.640. The van der Waals surface area contributed by atoms with Gasteiger partial charge in [-0.1, -0.05) is 17.9 Å². The summed E-state index contributed by atoms with van der Waals surface area (Å²) in [5, 5.41) is 0.213. The number of halogens is 4. The van der Waals surface area contributed by atoms with E-state index in [-0.39, 0.29) is 63.1 Å². The first-order valence-corrected chi connectivity index (χ1v) is 3.73. The molecule has 1 aromatic heterocycles. The van der Waals surface area contributed by atoms with Crippen molar-refractivity contribution in [3.05, 3.63) is 17.7 Å². The van der Waals surface area contributed by atoms with E-state index < -0.39 is 13.3 Å². The number of aromatic nitrogens is 2. The Bertz CT molecular complexity index is 265. The average molecular weight is 236 g/mol. The smallest absolute Gasteiger partial charge is 0.449 e. The molecule has 0 radical (unpaired) electrons. The Balaban J connectivity index is 0.00000144. The second kappa shape index (κ2) is 5.77. The van der Waals surface area contributed by atoms with Gasteiger partial charge >= 0.3 is 58.4 Å². The minimum absolute atomic E-state index is 0. The molecule has 0 atom stereocenters. The van der Waals surface area contributed by atoms with Gasteiger partial charge in [0.05, 0.1) is 6.33 Å². The van der Waals surface area contributed by atoms with Crippen LogP contribution in [-0.2, 0) is 6.54 Å². The molecule has 0 unspecified atom stereocenters. The predicted octanol–water partition coefficient (Wildman–Crippen LogP) is -0.612. The van der Waals surface area contributed by atoms with E-state index in [9.17, 15) is 12.9 Å². The van der Waals surface area contributed by atoms with Gasteiger partial charge in [0.15, 0.2) is 0 Å². The van der Waals surface area contributed by atoms with E-state index in [0.717, 1.165) is 0 Å². The molecule has 0 amide bonds. The molecular weight excluding hydrogens is 230 g/mol. The molecule has 1 aromatic rings. The zero-order valence-corrected chi connectivity index (χ0v) is 10.9. The first-order valence-electron chi connectivity index (χ1n) is 3.35. The van der Waals surface area contributed by atoms with E-state index in [4.69, 9.17) is 11.6 Å². The van der Waals surface area contributed by atoms with E-state index in [2.05, 4.69) is 4.98 Å². The fourth-order valence-electron chi connectivity index (χ4n) is 0.751. The standard InChI is InChI=1S/C5H6BClF3N2.K/c7-5-3-12(4-11-5)2-1-6(8,9)10;/h3-4H,1-2H2;/q-1;+1. The SMILES string of the molecule is F[B-](F)(F)CCn1cnc(Cl)c1.[K+]. The number of hydrogen-bond donors (Lipinski definition) is 0. The minimum atomic E-state index is -4.71. The minimum Gasteiger partial charge on any atom is -0.449 e. The molecule has 0 saturated carbocycles. The van der Waals surface area contributed by atoms with Gasteiger partial charge in [-0.25, -0.2) is 4.98 Å². The molecule has 68 valence electrons. The van der Waals surface area contributed by atoms with Gasteiger partial charge < -0.3 is 17.5 Å². The maximum absolute atomic E-state index is 11.7. The van der Waals surface area contributed by atoms with Crippen LogP contribution in [0.3, 0.4) is 0 Å². The largest absolute Gasteiger partial charge is 1.00 e. The van der Waals surface area contributed by atoms with Gasteiger partial charge in [0.1, 0.15) is 5.15 Å². The van der Waals surface area contributed by atoms with Gasteiger partial charge in [0.25, 0.3) is 0 Å². The maximum atomic E-state index is 11.7. The van der Waals surface area contributed by atoms with Crippen molar-refractivity contribution < 1.29 is 64.3 Å². The molecule has 0 saturated heterocycles. The molecule has 0 aliphatic heterocycles. The van der Waals surface area contributed by atoms with E-state index in [1.165, 1.54) is 17.1 Å². The van der Waals surface area contributed by atoms with Crippen LogP contribution in [0.5, 0.6) is 0 Å². The number of imidazole rings is 1. The topological polar surface area (TPSA) is 17.8 Å². The first-order chi connectivity index (χ1) is 5.47. The summed E-state index contributed by atoms with van der Waals surface area (Å²) in [6.45, 7) is -4.82. The Labute approximate surface area is 121 Å². The van der Waals surface area contributed by atoms with E-state index >= 15 is 0 Å². The van der Waals surface area contributed by atoms with Gasteiger partial charge in [-0.05, 0) is 6.54 Å². The molecule has 1 heterocycles. The van der Waals surface area contributed by atoms with Crippen molar-refractivity contribution in [3.8, 4) is 0 Å². The van der Waals surface area contributed by atoms with Crippen LogP contribution in [0.4, 0.5) is 12.9 Å². The summed E-state index contributed by atoms with van der Waals surface area (Å²) in [7, 11) is 0. The van der Waals surface area contributed by atoms with Crippen LogP contribution in [0.25, 0.3) is 0 Å². The summed E-state index contributed by atoms with van der Waals surface area (Å²) in [4.78, 5) is 3.59. The summed E-state index contributed by atoms with van der Waals surface area (Å²) in [6.07, 6.45) is 1.85. The van der Waals surface area contributed by atoms with Gasteiger partial charge in [-0.15, -0.1) is 0 Å². The zero-order valence-electron chi connectivity index (χ0n) is 7.05. The third kappa shape index (κ3) is 6.14. The van der Waals surface area contributed by atoms with E-state index in [1.54, 1.807) is 0 Å². The Morgan fingerprint density at radius 2 is 2.08 bits per heavy atom. The van der Waals surface area contributed by atoms with Gasteiger partial charge in [-0.3, -0.25) is 0 Å². The van der Waals surface area contributed by atoms with Crippen LogP contribution >= 0.6 is 11.6 Å². The van der Waals surface area contributed by atoms with Crippen LogP contribution in [-0.4, -0.2) is 16.5 Å². The maximum Gasteiger partial charge on any atom is 1.00 e. The molecular formula is C5H6BClF3KN2. The third-order valence-corrected chi connectivity index (χ3v) is 1.51. The van der Waals surface area contributed by atoms with E-state index in [1.807, 2.05) is 0 Å². The fourth-order valence-corrected chi connectivity index (χ4v) is 0.920. The van der Waals surface area contributed by atoms with Crippen molar-refractivity contribution in [2.45, 2.75) is 12.9 Å².